The van der Waals surface area contributed by atoms with Gasteiger partial charge in [-0.1, -0.05) is 48.5 Å². The third-order valence-electron chi connectivity index (χ3n) is 4.94. The summed E-state index contributed by atoms with van der Waals surface area (Å²) in [5.41, 5.74) is 4.49. The second-order valence-electron chi connectivity index (χ2n) is 7.20. The van der Waals surface area contributed by atoms with Crippen LogP contribution < -0.4 is 10.6 Å². The Balaban J connectivity index is 1.57. The summed E-state index contributed by atoms with van der Waals surface area (Å²) in [4.78, 5) is 35.0. The number of hydrogen-bond donors (Lipinski definition) is 3. The van der Waals surface area contributed by atoms with Crippen molar-refractivity contribution in [1.29, 1.82) is 0 Å². The summed E-state index contributed by atoms with van der Waals surface area (Å²) in [6, 6.07) is 14.7. The lowest BCUT2D eigenvalue weighted by Gasteiger charge is -2.18. The Hall–Kier alpha value is -3.35. The van der Waals surface area contributed by atoms with Crippen molar-refractivity contribution in [1.82, 2.24) is 10.6 Å². The summed E-state index contributed by atoms with van der Waals surface area (Å²) in [6.07, 6.45) is -0.885. The highest BCUT2D eigenvalue weighted by Crippen LogP contribution is 2.44. The highest BCUT2D eigenvalue weighted by molar-refractivity contribution is 5.86. The van der Waals surface area contributed by atoms with E-state index in [0.29, 0.717) is 0 Å². The number of fused-ring (bicyclic) bond motifs is 3. The fourth-order valence-corrected chi connectivity index (χ4v) is 3.56. The molecule has 2 atom stereocenters. The molecule has 152 valence electrons. The van der Waals surface area contributed by atoms with Crippen LogP contribution in [0.3, 0.4) is 0 Å². The van der Waals surface area contributed by atoms with Gasteiger partial charge in [-0.15, -0.1) is 0 Å². The molecule has 2 amide bonds. The van der Waals surface area contributed by atoms with Crippen LogP contribution in [0.25, 0.3) is 11.1 Å². The predicted molar refractivity (Wildman–Crippen MR) is 108 cm³/mol. The molecule has 1 aliphatic carbocycles. The first-order valence-corrected chi connectivity index (χ1v) is 9.50. The molecule has 3 rings (SSSR count). The van der Waals surface area contributed by atoms with Gasteiger partial charge in [0.25, 0.3) is 0 Å². The van der Waals surface area contributed by atoms with Gasteiger partial charge in [0, 0.05) is 12.0 Å². The number of carboxylic acid groups (broad SMARTS) is 1. The Labute approximate surface area is 169 Å². The van der Waals surface area contributed by atoms with Crippen LogP contribution in [0.2, 0.25) is 0 Å². The summed E-state index contributed by atoms with van der Waals surface area (Å²) in [5.74, 6) is -1.53. The summed E-state index contributed by atoms with van der Waals surface area (Å²) in [7, 11) is 0. The van der Waals surface area contributed by atoms with Gasteiger partial charge in [-0.2, -0.15) is 0 Å². The number of carbonyl (C=O) groups is 3. The first-order chi connectivity index (χ1) is 13.9. The summed E-state index contributed by atoms with van der Waals surface area (Å²) < 4.78 is 5.41. The molecule has 7 heteroatoms. The Bertz CT molecular complexity index is 881. The molecule has 0 saturated heterocycles. The van der Waals surface area contributed by atoms with E-state index in [-0.39, 0.29) is 18.9 Å². The molecule has 1 aliphatic rings. The summed E-state index contributed by atoms with van der Waals surface area (Å²) >= 11 is 0. The molecule has 0 saturated carbocycles. The third-order valence-corrected chi connectivity index (χ3v) is 4.94. The van der Waals surface area contributed by atoms with E-state index in [2.05, 4.69) is 22.8 Å². The molecule has 0 aliphatic heterocycles. The molecular weight excluding hydrogens is 372 g/mol. The Morgan fingerprint density at radius 2 is 1.52 bits per heavy atom. The molecular formula is C22H24N2O5. The van der Waals surface area contributed by atoms with Crippen molar-refractivity contribution in [3.63, 3.8) is 0 Å². The van der Waals surface area contributed by atoms with E-state index in [0.717, 1.165) is 22.3 Å². The summed E-state index contributed by atoms with van der Waals surface area (Å²) in [6.45, 7) is 3.26. The van der Waals surface area contributed by atoms with Crippen LogP contribution in [-0.2, 0) is 14.3 Å². The fourth-order valence-electron chi connectivity index (χ4n) is 3.56. The van der Waals surface area contributed by atoms with Gasteiger partial charge in [0.15, 0.2) is 0 Å². The molecule has 0 spiro atoms. The molecule has 2 aromatic rings. The zero-order valence-corrected chi connectivity index (χ0v) is 16.3. The maximum Gasteiger partial charge on any atom is 0.407 e. The fraction of sp³-hybridized carbons (Fsp3) is 0.318. The van der Waals surface area contributed by atoms with Crippen LogP contribution in [0, 0.1) is 0 Å². The van der Waals surface area contributed by atoms with Crippen molar-refractivity contribution in [2.75, 3.05) is 6.61 Å². The second kappa shape index (κ2) is 8.77. The highest BCUT2D eigenvalue weighted by Gasteiger charge is 2.29. The Morgan fingerprint density at radius 3 is 2.07 bits per heavy atom. The number of amides is 2. The van der Waals surface area contributed by atoms with Gasteiger partial charge in [-0.25, -0.2) is 4.79 Å². The van der Waals surface area contributed by atoms with Crippen molar-refractivity contribution in [2.24, 2.45) is 0 Å². The molecule has 0 aromatic heterocycles. The molecule has 2 aromatic carbocycles. The zero-order valence-electron chi connectivity index (χ0n) is 16.3. The molecule has 0 radical (unpaired) electrons. The summed E-state index contributed by atoms with van der Waals surface area (Å²) in [5, 5.41) is 13.8. The number of ether oxygens (including phenoxy) is 1. The number of nitrogens with one attached hydrogen (secondary N) is 2. The van der Waals surface area contributed by atoms with Crippen LogP contribution >= 0.6 is 0 Å². The van der Waals surface area contributed by atoms with Gasteiger partial charge in [0.1, 0.15) is 12.6 Å². The molecule has 0 fully saturated rings. The number of alkyl carbamates (subject to hydrolysis) is 1. The number of carboxylic acids is 1. The van der Waals surface area contributed by atoms with E-state index in [1.54, 1.807) is 6.92 Å². The molecule has 7 nitrogen and oxygen atoms in total. The standard InChI is InChI=1S/C22H24N2O5/c1-13(11-20(25)26)23-21(27)14(2)24-22(28)29-12-19-17-9-5-3-7-15(17)16-8-4-6-10-18(16)19/h3-10,13-14,19H,11-12H2,1-2H3,(H,23,27)(H,24,28)(H,25,26)/t13-,14?/m1/s1. The first kappa shape index (κ1) is 20.4. The maximum atomic E-state index is 12.2. The Kier molecular flexibility index (Phi) is 6.16. The van der Waals surface area contributed by atoms with Crippen LogP contribution in [-0.4, -0.2) is 41.8 Å². The lowest BCUT2D eigenvalue weighted by Crippen LogP contribution is -2.48. The van der Waals surface area contributed by atoms with Gasteiger partial charge in [0.2, 0.25) is 5.91 Å². The van der Waals surface area contributed by atoms with Gasteiger partial charge in [0.05, 0.1) is 6.42 Å². The van der Waals surface area contributed by atoms with E-state index in [1.807, 2.05) is 36.4 Å². The van der Waals surface area contributed by atoms with E-state index in [9.17, 15) is 14.4 Å². The average molecular weight is 396 g/mol. The van der Waals surface area contributed by atoms with Crippen LogP contribution in [0.1, 0.15) is 37.3 Å². The minimum absolute atomic E-state index is 0.0622. The van der Waals surface area contributed by atoms with Crippen LogP contribution in [0.4, 0.5) is 4.79 Å². The van der Waals surface area contributed by atoms with Crippen molar-refractivity contribution in [3.8, 4) is 11.1 Å². The number of aliphatic carboxylic acids is 1. The van der Waals surface area contributed by atoms with Gasteiger partial charge in [-0.05, 0) is 36.1 Å². The van der Waals surface area contributed by atoms with E-state index in [4.69, 9.17) is 9.84 Å². The first-order valence-electron chi connectivity index (χ1n) is 9.50. The molecule has 3 N–H and O–H groups in total. The number of benzene rings is 2. The van der Waals surface area contributed by atoms with Crippen LogP contribution in [0.15, 0.2) is 48.5 Å². The predicted octanol–water partition coefficient (Wildman–Crippen LogP) is 2.89. The maximum absolute atomic E-state index is 12.2. The zero-order chi connectivity index (χ0) is 21.0. The molecule has 1 unspecified atom stereocenters. The third kappa shape index (κ3) is 4.74. The van der Waals surface area contributed by atoms with E-state index < -0.39 is 30.1 Å². The number of carbonyl (C=O) groups excluding carboxylic acids is 2. The SMILES string of the molecule is CC(NC(=O)OCC1c2ccccc2-c2ccccc21)C(=O)N[C@H](C)CC(=O)O. The van der Waals surface area contributed by atoms with Crippen molar-refractivity contribution < 1.29 is 24.2 Å². The van der Waals surface area contributed by atoms with Gasteiger partial charge >= 0.3 is 12.1 Å². The van der Waals surface area contributed by atoms with Crippen LogP contribution in [0.5, 0.6) is 0 Å². The van der Waals surface area contributed by atoms with Crippen molar-refractivity contribution >= 4 is 18.0 Å². The molecule has 29 heavy (non-hydrogen) atoms. The van der Waals surface area contributed by atoms with Gasteiger partial charge < -0.3 is 20.5 Å². The average Bonchev–Trinajstić information content (AvgIpc) is 2.99. The van der Waals surface area contributed by atoms with E-state index in [1.165, 1.54) is 6.92 Å². The smallest absolute Gasteiger partial charge is 0.407 e. The highest BCUT2D eigenvalue weighted by atomic mass is 16.5. The molecule has 0 heterocycles. The Morgan fingerprint density at radius 1 is 0.966 bits per heavy atom. The number of hydrogen-bond acceptors (Lipinski definition) is 4. The normalized spacial score (nSPS) is 14.3. The lowest BCUT2D eigenvalue weighted by atomic mass is 9.98. The second-order valence-corrected chi connectivity index (χ2v) is 7.20. The lowest BCUT2D eigenvalue weighted by molar-refractivity contribution is -0.137. The minimum Gasteiger partial charge on any atom is -0.481 e. The molecule has 0 bridgehead atoms. The minimum atomic E-state index is -1.00. The van der Waals surface area contributed by atoms with E-state index >= 15 is 0 Å². The van der Waals surface area contributed by atoms with Gasteiger partial charge in [-0.3, -0.25) is 9.59 Å². The number of rotatable bonds is 7. The monoisotopic (exact) mass is 396 g/mol. The quantitative estimate of drug-likeness (QED) is 0.667. The largest absolute Gasteiger partial charge is 0.481 e. The van der Waals surface area contributed by atoms with Crippen molar-refractivity contribution in [3.05, 3.63) is 59.7 Å². The topological polar surface area (TPSA) is 105 Å². The van der Waals surface area contributed by atoms with Crippen molar-refractivity contribution in [2.45, 2.75) is 38.3 Å².